The minimum absolute atomic E-state index is 0.188. The third kappa shape index (κ3) is 3.71. The number of rotatable bonds is 5. The van der Waals surface area contributed by atoms with Gasteiger partial charge in [-0.05, 0) is 24.8 Å². The van der Waals surface area contributed by atoms with Crippen LogP contribution in [0.4, 0.5) is 0 Å². The third-order valence-corrected chi connectivity index (χ3v) is 4.24. The Balaban J connectivity index is 2.50. The third-order valence-electron chi connectivity index (χ3n) is 2.69. The van der Waals surface area contributed by atoms with E-state index in [4.69, 9.17) is 5.73 Å². The normalized spacial score (nSPS) is 19.7. The highest BCUT2D eigenvalue weighted by atomic mass is 32.2. The van der Waals surface area contributed by atoms with Crippen molar-refractivity contribution in [2.24, 2.45) is 11.1 Å². The van der Waals surface area contributed by atoms with Crippen LogP contribution in [-0.2, 0) is 10.2 Å². The predicted octanol–water partition coefficient (Wildman–Crippen LogP) is -0.0985. The van der Waals surface area contributed by atoms with Gasteiger partial charge < -0.3 is 5.73 Å². The molecule has 0 aromatic carbocycles. The van der Waals surface area contributed by atoms with Crippen molar-refractivity contribution < 1.29 is 8.42 Å². The smallest absolute Gasteiger partial charge is 0.279 e. The van der Waals surface area contributed by atoms with Crippen LogP contribution in [0.1, 0.15) is 26.7 Å². The fourth-order valence-corrected chi connectivity index (χ4v) is 2.87. The summed E-state index contributed by atoms with van der Waals surface area (Å²) in [6.45, 7) is 6.02. The fraction of sp³-hybridized carbons (Fsp3) is 1.00. The van der Waals surface area contributed by atoms with E-state index in [-0.39, 0.29) is 5.41 Å². The van der Waals surface area contributed by atoms with Gasteiger partial charge in [-0.15, -0.1) is 0 Å². The molecule has 0 aliphatic carbocycles. The van der Waals surface area contributed by atoms with Crippen molar-refractivity contribution in [3.05, 3.63) is 0 Å². The van der Waals surface area contributed by atoms with Crippen molar-refractivity contribution in [3.63, 3.8) is 0 Å². The fourth-order valence-electron chi connectivity index (χ4n) is 1.38. The highest BCUT2D eigenvalue weighted by molar-refractivity contribution is 7.87. The minimum atomic E-state index is -3.28. The van der Waals surface area contributed by atoms with Crippen molar-refractivity contribution >= 4 is 10.2 Å². The highest BCUT2D eigenvalue weighted by Gasteiger charge is 2.27. The zero-order valence-electron chi connectivity index (χ0n) is 9.49. The van der Waals surface area contributed by atoms with Crippen LogP contribution >= 0.6 is 0 Å². The van der Waals surface area contributed by atoms with Gasteiger partial charge >= 0.3 is 0 Å². The van der Waals surface area contributed by atoms with E-state index in [9.17, 15) is 8.42 Å². The molecule has 1 heterocycles. The van der Waals surface area contributed by atoms with Crippen LogP contribution in [-0.4, -0.2) is 38.9 Å². The van der Waals surface area contributed by atoms with Crippen molar-refractivity contribution in [2.75, 3.05) is 26.2 Å². The van der Waals surface area contributed by atoms with Crippen molar-refractivity contribution in [3.8, 4) is 0 Å². The van der Waals surface area contributed by atoms with Crippen LogP contribution in [0.25, 0.3) is 0 Å². The molecule has 0 atom stereocenters. The molecule has 15 heavy (non-hydrogen) atoms. The van der Waals surface area contributed by atoms with Gasteiger partial charge in [0.2, 0.25) is 0 Å². The largest absolute Gasteiger partial charge is 0.330 e. The van der Waals surface area contributed by atoms with Crippen LogP contribution in [0.15, 0.2) is 0 Å². The number of hydrogen-bond acceptors (Lipinski definition) is 3. The van der Waals surface area contributed by atoms with Gasteiger partial charge in [-0.1, -0.05) is 13.8 Å². The Labute approximate surface area is 92.2 Å². The molecule has 0 aromatic heterocycles. The van der Waals surface area contributed by atoms with Crippen LogP contribution < -0.4 is 10.5 Å². The predicted molar refractivity (Wildman–Crippen MR) is 60.6 cm³/mol. The molecule has 1 aliphatic rings. The van der Waals surface area contributed by atoms with E-state index in [1.165, 1.54) is 4.31 Å². The summed E-state index contributed by atoms with van der Waals surface area (Å²) in [5, 5.41) is 0. The Morgan fingerprint density at radius 3 is 2.33 bits per heavy atom. The summed E-state index contributed by atoms with van der Waals surface area (Å²) in [6, 6.07) is 0. The molecular weight excluding hydrogens is 214 g/mol. The molecule has 0 unspecified atom stereocenters. The topological polar surface area (TPSA) is 75.4 Å². The lowest BCUT2D eigenvalue weighted by atomic mass is 9.95. The lowest BCUT2D eigenvalue weighted by molar-refractivity contribution is 0.367. The van der Waals surface area contributed by atoms with Crippen LogP contribution in [0.3, 0.4) is 0 Å². The zero-order valence-corrected chi connectivity index (χ0v) is 10.3. The van der Waals surface area contributed by atoms with E-state index < -0.39 is 10.2 Å². The van der Waals surface area contributed by atoms with E-state index in [1.54, 1.807) is 0 Å². The average molecular weight is 235 g/mol. The molecule has 3 N–H and O–H groups in total. The Bertz CT molecular complexity index is 294. The Hall–Kier alpha value is -0.170. The molecule has 1 rings (SSSR count). The molecule has 1 aliphatic heterocycles. The van der Waals surface area contributed by atoms with Gasteiger partial charge in [0.15, 0.2) is 0 Å². The Morgan fingerprint density at radius 1 is 1.33 bits per heavy atom. The molecule has 0 amide bonds. The van der Waals surface area contributed by atoms with E-state index in [1.807, 2.05) is 13.8 Å². The first kappa shape index (κ1) is 12.9. The summed E-state index contributed by atoms with van der Waals surface area (Å²) in [4.78, 5) is 0. The van der Waals surface area contributed by atoms with Gasteiger partial charge in [0.05, 0.1) is 0 Å². The molecule has 1 saturated heterocycles. The standard InChI is InChI=1S/C9H21N3O2S/c1-9(2,7-10)8-11-15(13,14)12-5-3-4-6-12/h11H,3-8,10H2,1-2H3. The first-order chi connectivity index (χ1) is 6.87. The van der Waals surface area contributed by atoms with Crippen LogP contribution in [0, 0.1) is 5.41 Å². The van der Waals surface area contributed by atoms with Gasteiger partial charge in [0.1, 0.15) is 0 Å². The Kier molecular flexibility index (Phi) is 4.11. The SMILES string of the molecule is CC(C)(CN)CNS(=O)(=O)N1CCCC1. The quantitative estimate of drug-likeness (QED) is 0.699. The summed E-state index contributed by atoms with van der Waals surface area (Å²) in [6.07, 6.45) is 1.92. The number of nitrogens with zero attached hydrogens (tertiary/aromatic N) is 1. The van der Waals surface area contributed by atoms with Crippen molar-refractivity contribution in [1.82, 2.24) is 9.03 Å². The molecule has 90 valence electrons. The maximum Gasteiger partial charge on any atom is 0.279 e. The molecule has 6 heteroatoms. The van der Waals surface area contributed by atoms with Crippen molar-refractivity contribution in [2.45, 2.75) is 26.7 Å². The first-order valence-electron chi connectivity index (χ1n) is 5.32. The second-order valence-electron chi connectivity index (χ2n) is 4.80. The van der Waals surface area contributed by atoms with Gasteiger partial charge in [-0.25, -0.2) is 4.72 Å². The maximum atomic E-state index is 11.8. The Morgan fingerprint density at radius 2 is 1.87 bits per heavy atom. The highest BCUT2D eigenvalue weighted by Crippen LogP contribution is 2.14. The molecule has 1 fully saturated rings. The average Bonchev–Trinajstić information content (AvgIpc) is 2.69. The molecular formula is C9H21N3O2S. The summed E-state index contributed by atoms with van der Waals surface area (Å²) in [5.74, 6) is 0. The summed E-state index contributed by atoms with van der Waals surface area (Å²) >= 11 is 0. The minimum Gasteiger partial charge on any atom is -0.330 e. The van der Waals surface area contributed by atoms with E-state index in [2.05, 4.69) is 4.72 Å². The summed E-state index contributed by atoms with van der Waals surface area (Å²) in [5.41, 5.74) is 5.35. The molecule has 0 bridgehead atoms. The van der Waals surface area contributed by atoms with Crippen LogP contribution in [0.2, 0.25) is 0 Å². The van der Waals surface area contributed by atoms with Gasteiger partial charge in [0, 0.05) is 19.6 Å². The molecule has 0 aromatic rings. The molecule has 5 nitrogen and oxygen atoms in total. The lowest BCUT2D eigenvalue weighted by Crippen LogP contribution is -2.44. The first-order valence-corrected chi connectivity index (χ1v) is 6.76. The molecule has 0 spiro atoms. The van der Waals surface area contributed by atoms with Gasteiger partial charge in [-0.2, -0.15) is 12.7 Å². The summed E-state index contributed by atoms with van der Waals surface area (Å²) in [7, 11) is -3.28. The van der Waals surface area contributed by atoms with Crippen LogP contribution in [0.5, 0.6) is 0 Å². The second kappa shape index (κ2) is 4.78. The molecule has 0 saturated carbocycles. The maximum absolute atomic E-state index is 11.8. The lowest BCUT2D eigenvalue weighted by Gasteiger charge is -2.24. The second-order valence-corrected chi connectivity index (χ2v) is 6.56. The van der Waals surface area contributed by atoms with E-state index in [0.29, 0.717) is 26.2 Å². The van der Waals surface area contributed by atoms with E-state index >= 15 is 0 Å². The zero-order chi connectivity index (χ0) is 11.5. The van der Waals surface area contributed by atoms with Gasteiger partial charge in [-0.3, -0.25) is 0 Å². The number of nitrogens with two attached hydrogens (primary N) is 1. The monoisotopic (exact) mass is 235 g/mol. The number of nitrogens with one attached hydrogen (secondary N) is 1. The summed E-state index contributed by atoms with van der Waals surface area (Å²) < 4.78 is 27.6. The van der Waals surface area contributed by atoms with Crippen molar-refractivity contribution in [1.29, 1.82) is 0 Å². The number of hydrogen-bond donors (Lipinski definition) is 2. The van der Waals surface area contributed by atoms with Gasteiger partial charge in [0.25, 0.3) is 10.2 Å². The van der Waals surface area contributed by atoms with E-state index in [0.717, 1.165) is 12.8 Å². The molecule has 0 radical (unpaired) electrons.